The van der Waals surface area contributed by atoms with Crippen LogP contribution < -0.4 is 5.32 Å². The van der Waals surface area contributed by atoms with Gasteiger partial charge in [-0.3, -0.25) is 9.98 Å². The second kappa shape index (κ2) is 32.6. The highest BCUT2D eigenvalue weighted by Gasteiger charge is 2.01. The van der Waals surface area contributed by atoms with Crippen molar-refractivity contribution in [2.75, 3.05) is 88.7 Å². The predicted octanol–water partition coefficient (Wildman–Crippen LogP) is 3.77. The van der Waals surface area contributed by atoms with Gasteiger partial charge in [-0.1, -0.05) is 0 Å². The number of alkyl carbamates (subject to hydrolysis) is 1. The van der Waals surface area contributed by atoms with Crippen molar-refractivity contribution in [2.24, 2.45) is 9.98 Å². The lowest BCUT2D eigenvalue weighted by Crippen LogP contribution is -2.27. The molecule has 10 nitrogen and oxygen atoms in total. The molecule has 206 valence electrons. The van der Waals surface area contributed by atoms with E-state index in [-0.39, 0.29) is 12.0 Å². The monoisotopic (exact) mass is 629 g/mol. The van der Waals surface area contributed by atoms with Gasteiger partial charge < -0.3 is 24.9 Å². The lowest BCUT2D eigenvalue weighted by Gasteiger charge is -2.07. The van der Waals surface area contributed by atoms with E-state index in [4.69, 9.17) is 29.4 Å². The Balaban J connectivity index is 3.21. The van der Waals surface area contributed by atoms with Crippen LogP contribution in [0.15, 0.2) is 9.98 Å². The minimum absolute atomic E-state index is 0.109. The maximum absolute atomic E-state index is 11.6. The fourth-order valence-electron chi connectivity index (χ4n) is 1.56. The Morgan fingerprint density at radius 1 is 0.829 bits per heavy atom. The van der Waals surface area contributed by atoms with Crippen LogP contribution >= 0.6 is 83.2 Å². The molecule has 0 aromatic heterocycles. The summed E-state index contributed by atoms with van der Waals surface area (Å²) in [4.78, 5) is 39.0. The molecule has 0 heterocycles. The fourth-order valence-corrected chi connectivity index (χ4v) is 6.54. The van der Waals surface area contributed by atoms with E-state index in [0.717, 1.165) is 38.3 Å². The molecule has 0 rings (SSSR count). The molecular formula is C18H35N3O7S7. The third-order valence-electron chi connectivity index (χ3n) is 2.98. The zero-order chi connectivity index (χ0) is 25.5. The smallest absolute Gasteiger partial charge is 0.407 e. The van der Waals surface area contributed by atoms with E-state index in [1.54, 1.807) is 47.0 Å². The molecule has 0 bridgehead atoms. The van der Waals surface area contributed by atoms with Crippen LogP contribution in [0.3, 0.4) is 0 Å². The van der Waals surface area contributed by atoms with E-state index >= 15 is 0 Å². The Morgan fingerprint density at radius 2 is 1.49 bits per heavy atom. The summed E-state index contributed by atoms with van der Waals surface area (Å²) in [6.45, 7) is 2.70. The van der Waals surface area contributed by atoms with Gasteiger partial charge in [0, 0.05) is 50.6 Å². The van der Waals surface area contributed by atoms with Gasteiger partial charge in [0.1, 0.15) is 19.2 Å². The number of aliphatic hydroxyl groups is 1. The normalized spacial score (nSPS) is 11.4. The van der Waals surface area contributed by atoms with Gasteiger partial charge in [0.25, 0.3) is 0 Å². The Hall–Kier alpha value is 0.540. The van der Waals surface area contributed by atoms with Crippen LogP contribution in [0.1, 0.15) is 0 Å². The fraction of sp³-hybridized carbons (Fsp3) is 0.833. The second-order valence-corrected chi connectivity index (χ2v) is 13.4. The molecule has 0 saturated heterocycles. The molecule has 0 atom stereocenters. The molecule has 0 aliphatic carbocycles. The number of aliphatic imine (C=N–C) groups is 2. The summed E-state index contributed by atoms with van der Waals surface area (Å²) in [6.07, 6.45) is 2.21. The van der Waals surface area contributed by atoms with Gasteiger partial charge in [0.2, 0.25) is 12.8 Å². The first-order valence-corrected chi connectivity index (χ1v) is 18.0. The number of hydrogen-bond donors (Lipinski definition) is 3. The summed E-state index contributed by atoms with van der Waals surface area (Å²) in [5, 5.41) is 13.9. The summed E-state index contributed by atoms with van der Waals surface area (Å²) in [7, 11) is 0. The van der Waals surface area contributed by atoms with Crippen molar-refractivity contribution in [3.8, 4) is 0 Å². The van der Waals surface area contributed by atoms with Crippen molar-refractivity contribution in [3.05, 3.63) is 0 Å². The van der Waals surface area contributed by atoms with Gasteiger partial charge in [0.15, 0.2) is 0 Å². The number of hydrogen-bond acceptors (Lipinski definition) is 16. The number of amides is 1. The van der Waals surface area contributed by atoms with Crippen molar-refractivity contribution in [3.63, 3.8) is 0 Å². The maximum atomic E-state index is 11.6. The molecule has 17 heteroatoms. The summed E-state index contributed by atoms with van der Waals surface area (Å²) in [5.74, 6) is 4.45. The number of ether oxygens (including phenoxy) is 1. The number of carbonyl (C=O) groups excluding carboxylic acids is 1. The van der Waals surface area contributed by atoms with Gasteiger partial charge in [-0.15, -0.1) is 70.6 Å². The highest BCUT2D eigenvalue weighted by atomic mass is 32.2. The lowest BCUT2D eigenvalue weighted by atomic mass is 10.7. The summed E-state index contributed by atoms with van der Waals surface area (Å²) in [5.41, 5.74) is 0. The highest BCUT2D eigenvalue weighted by molar-refractivity contribution is 8.16. The first kappa shape index (κ1) is 35.5. The molecule has 35 heavy (non-hydrogen) atoms. The van der Waals surface area contributed by atoms with Crippen molar-refractivity contribution in [1.29, 1.82) is 0 Å². The number of aliphatic hydroxyl groups excluding tert-OH is 1. The summed E-state index contributed by atoms with van der Waals surface area (Å²) >= 11 is 13.9. The SMILES string of the molecule is O=C(NCCSCSCC/N=C/OOCSCSCO)OCCSCSCCOO/C=N/CCS. The van der Waals surface area contributed by atoms with Crippen LogP contribution in [0.5, 0.6) is 0 Å². The van der Waals surface area contributed by atoms with Gasteiger partial charge in [0.05, 0.1) is 19.0 Å². The van der Waals surface area contributed by atoms with E-state index in [2.05, 4.69) is 27.9 Å². The Bertz CT molecular complexity index is 515. The minimum atomic E-state index is -0.376. The van der Waals surface area contributed by atoms with Crippen LogP contribution in [0.25, 0.3) is 0 Å². The van der Waals surface area contributed by atoms with Crippen LogP contribution in [-0.4, -0.2) is 113 Å². The number of thiol groups is 1. The quantitative estimate of drug-likeness (QED) is 0.0233. The topological polar surface area (TPSA) is 120 Å². The molecule has 2 N–H and O–H groups in total. The average Bonchev–Trinajstić information content (AvgIpc) is 2.86. The first-order valence-electron chi connectivity index (χ1n) is 10.4. The minimum Gasteiger partial charge on any atom is -0.449 e. The molecule has 0 radical (unpaired) electrons. The third kappa shape index (κ3) is 32.5. The van der Waals surface area contributed by atoms with Gasteiger partial charge in [-0.25, -0.2) is 4.79 Å². The van der Waals surface area contributed by atoms with E-state index < -0.39 is 0 Å². The van der Waals surface area contributed by atoms with E-state index in [9.17, 15) is 4.79 Å². The van der Waals surface area contributed by atoms with Crippen molar-refractivity contribution in [2.45, 2.75) is 0 Å². The van der Waals surface area contributed by atoms with Crippen LogP contribution in [0.2, 0.25) is 0 Å². The van der Waals surface area contributed by atoms with Crippen LogP contribution in [-0.2, 0) is 24.3 Å². The first-order chi connectivity index (χ1) is 17.3. The second-order valence-electron chi connectivity index (χ2n) is 5.58. The number of thioether (sulfide) groups is 6. The molecule has 0 aliphatic heterocycles. The molecule has 0 aromatic carbocycles. The molecule has 0 unspecified atom stereocenters. The van der Waals surface area contributed by atoms with E-state index in [1.807, 2.05) is 0 Å². The molecule has 0 fully saturated rings. The third-order valence-corrected chi connectivity index (χ3v) is 9.50. The number of rotatable bonds is 27. The zero-order valence-electron chi connectivity index (χ0n) is 19.4. The molecule has 0 spiro atoms. The lowest BCUT2D eigenvalue weighted by molar-refractivity contribution is -0.210. The number of carbonyl (C=O) groups is 1. The van der Waals surface area contributed by atoms with Gasteiger partial charge in [-0.2, -0.15) is 22.4 Å². The van der Waals surface area contributed by atoms with Crippen molar-refractivity contribution >= 4 is 102 Å². The standard InChI is InChI=1S/C18H35N3O7S7/c22-13-34-17-35-14-28-27-12-20-2-7-30-15-31-8-3-21-18(23)24-4-9-32-16-33-10-5-25-26-11-19-1-6-29/h11-12,22,29H,1-10,13-17H2,(H,21,23)/b19-11+,20-12+. The van der Waals surface area contributed by atoms with Crippen LogP contribution in [0, 0.1) is 0 Å². The Morgan fingerprint density at radius 3 is 2.26 bits per heavy atom. The van der Waals surface area contributed by atoms with Gasteiger partial charge in [-0.05, 0) is 0 Å². The summed E-state index contributed by atoms with van der Waals surface area (Å²) in [6, 6.07) is 0. The van der Waals surface area contributed by atoms with E-state index in [1.165, 1.54) is 36.3 Å². The molecule has 0 aromatic rings. The van der Waals surface area contributed by atoms with Crippen LogP contribution in [0.4, 0.5) is 4.79 Å². The number of nitrogens with zero attached hydrogens (tertiary/aromatic N) is 2. The average molecular weight is 630 g/mol. The number of nitrogens with one attached hydrogen (secondary N) is 1. The Labute approximate surface area is 239 Å². The maximum Gasteiger partial charge on any atom is 0.407 e. The van der Waals surface area contributed by atoms with Crippen molar-refractivity contribution in [1.82, 2.24) is 5.32 Å². The highest BCUT2D eigenvalue weighted by Crippen LogP contribution is 2.12. The van der Waals surface area contributed by atoms with E-state index in [0.29, 0.717) is 44.5 Å². The Kier molecular flexibility index (Phi) is 33.1. The van der Waals surface area contributed by atoms with Gasteiger partial charge >= 0.3 is 6.09 Å². The molecule has 0 saturated carbocycles. The van der Waals surface area contributed by atoms with Crippen molar-refractivity contribution < 1.29 is 34.2 Å². The molecule has 0 aliphatic rings. The zero-order valence-corrected chi connectivity index (χ0v) is 25.2. The largest absolute Gasteiger partial charge is 0.449 e. The predicted molar refractivity (Wildman–Crippen MR) is 161 cm³/mol. The molecular weight excluding hydrogens is 595 g/mol. The molecule has 1 amide bonds. The summed E-state index contributed by atoms with van der Waals surface area (Å²) < 4.78 is 5.15.